The van der Waals surface area contributed by atoms with Gasteiger partial charge in [0.1, 0.15) is 17.1 Å². The van der Waals surface area contributed by atoms with Crippen LogP contribution in [0.3, 0.4) is 0 Å². The van der Waals surface area contributed by atoms with Crippen molar-refractivity contribution in [2.45, 2.75) is 76.5 Å². The molecule has 0 radical (unpaired) electrons. The first-order valence-electron chi connectivity index (χ1n) is 11.4. The number of hydrogen-bond donors (Lipinski definition) is 1. The van der Waals surface area contributed by atoms with Crippen LogP contribution in [0.4, 0.5) is 0 Å². The fourth-order valence-corrected chi connectivity index (χ4v) is 5.10. The largest absolute Gasteiger partial charge is 0.459 e. The molecule has 0 spiro atoms. The highest BCUT2D eigenvalue weighted by Gasteiger charge is 2.59. The summed E-state index contributed by atoms with van der Waals surface area (Å²) in [6.07, 6.45) is 1.65. The number of halogens is 2. The Kier molecular flexibility index (Phi) is 7.79. The number of nitrogens with zero attached hydrogens (tertiary/aromatic N) is 1. The topological polar surface area (TPSA) is 62.1 Å². The van der Waals surface area contributed by atoms with Gasteiger partial charge in [0.05, 0.1) is 6.07 Å². The molecule has 176 valence electrons. The van der Waals surface area contributed by atoms with Gasteiger partial charge in [0, 0.05) is 22.0 Å². The molecule has 0 unspecified atom stereocenters. The van der Waals surface area contributed by atoms with Crippen molar-refractivity contribution in [1.29, 1.82) is 5.26 Å². The van der Waals surface area contributed by atoms with Crippen LogP contribution in [-0.2, 0) is 14.9 Å². The second-order valence-corrected chi connectivity index (χ2v) is 11.1. The van der Waals surface area contributed by atoms with Crippen LogP contribution in [0.15, 0.2) is 48.5 Å². The smallest absolute Gasteiger partial charge is 0.324 e. The van der Waals surface area contributed by atoms with Crippen LogP contribution in [-0.4, -0.2) is 23.7 Å². The molecular weight excluding hydrogens is 455 g/mol. The van der Waals surface area contributed by atoms with Crippen molar-refractivity contribution in [3.63, 3.8) is 0 Å². The molecule has 1 saturated heterocycles. The van der Waals surface area contributed by atoms with Gasteiger partial charge >= 0.3 is 5.97 Å². The fraction of sp³-hybridized carbons (Fsp3) is 0.481. The summed E-state index contributed by atoms with van der Waals surface area (Å²) in [6, 6.07) is 16.5. The SMILES string of the molecule is CC(C)CC[C@H]1N[C@@H](C(=O)OC(C)(C)C)[C@H](c2cccc(Cl)c2)[C@@]1(C#N)c1ccc(Cl)cc1. The molecule has 1 aliphatic rings. The van der Waals surface area contributed by atoms with Crippen molar-refractivity contribution in [2.24, 2.45) is 5.92 Å². The Morgan fingerprint density at radius 3 is 2.36 bits per heavy atom. The Balaban J connectivity index is 2.22. The zero-order chi connectivity index (χ0) is 24.4. The summed E-state index contributed by atoms with van der Waals surface area (Å²) in [5, 5.41) is 15.5. The average molecular weight is 487 g/mol. The summed E-state index contributed by atoms with van der Waals surface area (Å²) in [7, 11) is 0. The Bertz CT molecular complexity index is 1020. The highest BCUT2D eigenvalue weighted by Crippen LogP contribution is 2.50. The molecule has 1 N–H and O–H groups in total. The van der Waals surface area contributed by atoms with Crippen molar-refractivity contribution in [3.05, 3.63) is 69.7 Å². The van der Waals surface area contributed by atoms with Crippen LogP contribution in [0.1, 0.15) is 64.5 Å². The van der Waals surface area contributed by atoms with Gasteiger partial charge < -0.3 is 4.74 Å². The van der Waals surface area contributed by atoms with Gasteiger partial charge in [-0.2, -0.15) is 5.26 Å². The van der Waals surface area contributed by atoms with Crippen LogP contribution in [0.2, 0.25) is 10.0 Å². The van der Waals surface area contributed by atoms with E-state index in [1.807, 2.05) is 51.1 Å². The number of carbonyl (C=O) groups is 1. The quantitative estimate of drug-likeness (QED) is 0.463. The van der Waals surface area contributed by atoms with E-state index in [9.17, 15) is 10.1 Å². The second kappa shape index (κ2) is 10.1. The Morgan fingerprint density at radius 1 is 1.15 bits per heavy atom. The molecular formula is C27H32Cl2N2O2. The fourth-order valence-electron chi connectivity index (χ4n) is 4.78. The molecule has 0 bridgehead atoms. The monoisotopic (exact) mass is 486 g/mol. The van der Waals surface area contributed by atoms with E-state index in [0.29, 0.717) is 16.0 Å². The van der Waals surface area contributed by atoms with Crippen LogP contribution >= 0.6 is 23.2 Å². The third-order valence-corrected chi connectivity index (χ3v) is 6.65. The lowest BCUT2D eigenvalue weighted by Crippen LogP contribution is -2.42. The van der Waals surface area contributed by atoms with Crippen molar-refractivity contribution >= 4 is 29.2 Å². The molecule has 0 aromatic heterocycles. The third-order valence-electron chi connectivity index (χ3n) is 6.16. The van der Waals surface area contributed by atoms with Crippen molar-refractivity contribution in [2.75, 3.05) is 0 Å². The molecule has 33 heavy (non-hydrogen) atoms. The molecule has 4 nitrogen and oxygen atoms in total. The number of esters is 1. The van der Waals surface area contributed by atoms with Crippen LogP contribution < -0.4 is 5.32 Å². The molecule has 1 aliphatic heterocycles. The van der Waals surface area contributed by atoms with Gasteiger partial charge in [0.2, 0.25) is 0 Å². The molecule has 1 heterocycles. The lowest BCUT2D eigenvalue weighted by molar-refractivity contribution is -0.157. The number of benzene rings is 2. The minimum atomic E-state index is -1.01. The van der Waals surface area contributed by atoms with Crippen molar-refractivity contribution < 1.29 is 9.53 Å². The number of carbonyl (C=O) groups excluding carboxylic acids is 1. The summed E-state index contributed by atoms with van der Waals surface area (Å²) in [6.45, 7) is 9.86. The molecule has 2 aromatic carbocycles. The van der Waals surface area contributed by atoms with Crippen LogP contribution in [0.25, 0.3) is 0 Å². The van der Waals surface area contributed by atoms with Gasteiger partial charge in [-0.25, -0.2) is 0 Å². The number of hydrogen-bond acceptors (Lipinski definition) is 4. The third kappa shape index (κ3) is 5.54. The Morgan fingerprint density at radius 2 is 1.82 bits per heavy atom. The first-order chi connectivity index (χ1) is 15.5. The van der Waals surface area contributed by atoms with Gasteiger partial charge in [-0.3, -0.25) is 10.1 Å². The summed E-state index contributed by atoms with van der Waals surface area (Å²) >= 11 is 12.5. The van der Waals surface area contributed by atoms with Gasteiger partial charge in [0.25, 0.3) is 0 Å². The zero-order valence-electron chi connectivity index (χ0n) is 19.9. The normalized spacial score (nSPS) is 25.1. The standard InChI is InChI=1S/C27H32Cl2N2O2/c1-17(2)9-14-22-27(16-30,19-10-12-20(28)13-11-19)23(18-7-6-8-21(29)15-18)24(31-22)25(32)33-26(3,4)5/h6-8,10-13,15,17,22-24,31H,9,14H2,1-5H3/t22-,23+,24-,27+/m1/s1. The van der Waals surface area contributed by atoms with Gasteiger partial charge in [0.15, 0.2) is 0 Å². The second-order valence-electron chi connectivity index (χ2n) is 10.2. The van der Waals surface area contributed by atoms with E-state index < -0.39 is 23.0 Å². The van der Waals surface area contributed by atoms with Crippen LogP contribution in [0, 0.1) is 17.2 Å². The molecule has 1 fully saturated rings. The number of rotatable bonds is 6. The molecule has 0 aliphatic carbocycles. The average Bonchev–Trinajstić information content (AvgIpc) is 3.07. The number of ether oxygens (including phenoxy) is 1. The van der Waals surface area contributed by atoms with Crippen LogP contribution in [0.5, 0.6) is 0 Å². The van der Waals surface area contributed by atoms with Crippen molar-refractivity contribution in [3.8, 4) is 6.07 Å². The highest BCUT2D eigenvalue weighted by atomic mass is 35.5. The van der Waals surface area contributed by atoms with E-state index in [0.717, 1.165) is 24.0 Å². The minimum Gasteiger partial charge on any atom is -0.459 e. The van der Waals surface area contributed by atoms with Crippen molar-refractivity contribution in [1.82, 2.24) is 5.32 Å². The maximum absolute atomic E-state index is 13.5. The first kappa shape index (κ1) is 25.6. The first-order valence-corrected chi connectivity index (χ1v) is 12.1. The van der Waals surface area contributed by atoms with E-state index >= 15 is 0 Å². The maximum atomic E-state index is 13.5. The Hall–Kier alpha value is -2.06. The minimum absolute atomic E-state index is 0.257. The predicted molar refractivity (Wildman–Crippen MR) is 134 cm³/mol. The number of nitrogens with one attached hydrogen (secondary N) is 1. The predicted octanol–water partition coefficient (Wildman–Crippen LogP) is 6.66. The molecule has 3 rings (SSSR count). The summed E-state index contributed by atoms with van der Waals surface area (Å²) in [4.78, 5) is 13.5. The van der Waals surface area contributed by atoms with Gasteiger partial charge in [-0.15, -0.1) is 0 Å². The molecule has 0 saturated carbocycles. The van der Waals surface area contributed by atoms with Gasteiger partial charge in [-0.1, -0.05) is 61.3 Å². The summed E-state index contributed by atoms with van der Waals surface area (Å²) in [5.41, 5.74) is -0.00397. The maximum Gasteiger partial charge on any atom is 0.324 e. The summed E-state index contributed by atoms with van der Waals surface area (Å²) < 4.78 is 5.81. The van der Waals surface area contributed by atoms with E-state index in [1.165, 1.54) is 0 Å². The van der Waals surface area contributed by atoms with E-state index in [1.54, 1.807) is 18.2 Å². The van der Waals surface area contributed by atoms with E-state index in [4.69, 9.17) is 27.9 Å². The lowest BCUT2D eigenvalue weighted by Gasteiger charge is -2.35. The molecule has 6 heteroatoms. The Labute approximate surface area is 207 Å². The van der Waals surface area contributed by atoms with Gasteiger partial charge in [-0.05, 0) is 74.9 Å². The molecule has 2 aromatic rings. The lowest BCUT2D eigenvalue weighted by atomic mass is 9.64. The zero-order valence-corrected chi connectivity index (χ0v) is 21.4. The molecule has 4 atom stereocenters. The molecule has 0 amide bonds. The van der Waals surface area contributed by atoms with E-state index in [-0.39, 0.29) is 12.0 Å². The number of nitriles is 1. The summed E-state index contributed by atoms with van der Waals surface area (Å²) in [5.74, 6) is -0.402. The van der Waals surface area contributed by atoms with E-state index in [2.05, 4.69) is 25.2 Å². The highest BCUT2D eigenvalue weighted by molar-refractivity contribution is 6.30.